The van der Waals surface area contributed by atoms with E-state index in [1.165, 1.54) is 10.5 Å². The van der Waals surface area contributed by atoms with E-state index in [1.807, 2.05) is 32.0 Å². The van der Waals surface area contributed by atoms with Gasteiger partial charge in [0.15, 0.2) is 0 Å². The first kappa shape index (κ1) is 12.9. The van der Waals surface area contributed by atoms with Crippen LogP contribution in [-0.4, -0.2) is 46.2 Å². The van der Waals surface area contributed by atoms with Crippen LogP contribution in [0.5, 0.6) is 0 Å². The van der Waals surface area contributed by atoms with Crippen LogP contribution in [0.15, 0.2) is 30.3 Å². The van der Waals surface area contributed by atoms with Gasteiger partial charge in [-0.25, -0.2) is 4.79 Å². The Balaban J connectivity index is 2.01. The molecule has 1 aromatic rings. The summed E-state index contributed by atoms with van der Waals surface area (Å²) in [7, 11) is 0. The van der Waals surface area contributed by atoms with Crippen molar-refractivity contribution in [2.24, 2.45) is 0 Å². The molecule has 0 spiro atoms. The van der Waals surface area contributed by atoms with Gasteiger partial charge in [-0.2, -0.15) is 0 Å². The molecular weight excluding hydrogens is 228 g/mol. The number of nitrogens with zero attached hydrogens (tertiary/aromatic N) is 2. The van der Waals surface area contributed by atoms with E-state index >= 15 is 0 Å². The monoisotopic (exact) mass is 248 g/mol. The normalized spacial score (nSPS) is 19.8. The van der Waals surface area contributed by atoms with E-state index in [1.54, 1.807) is 0 Å². The van der Waals surface area contributed by atoms with E-state index in [0.717, 1.165) is 19.6 Å². The van der Waals surface area contributed by atoms with Gasteiger partial charge in [0.25, 0.3) is 0 Å². The van der Waals surface area contributed by atoms with Crippen molar-refractivity contribution in [3.05, 3.63) is 35.9 Å². The maximum atomic E-state index is 11.1. The van der Waals surface area contributed by atoms with Gasteiger partial charge in [-0.05, 0) is 19.4 Å². The third kappa shape index (κ3) is 2.82. The number of piperazine rings is 1. The second-order valence-corrected chi connectivity index (χ2v) is 5.44. The Labute approximate surface area is 108 Å². The minimum Gasteiger partial charge on any atom is -0.465 e. The molecule has 1 N–H and O–H groups in total. The molecule has 4 heteroatoms. The average Bonchev–Trinajstić information content (AvgIpc) is 2.28. The second-order valence-electron chi connectivity index (χ2n) is 5.44. The smallest absolute Gasteiger partial charge is 0.407 e. The highest BCUT2D eigenvalue weighted by atomic mass is 16.4. The molecule has 1 saturated heterocycles. The maximum absolute atomic E-state index is 11.1. The lowest BCUT2D eigenvalue weighted by Crippen LogP contribution is -2.60. The van der Waals surface area contributed by atoms with Crippen molar-refractivity contribution in [1.29, 1.82) is 0 Å². The number of hydrogen-bond acceptors (Lipinski definition) is 2. The summed E-state index contributed by atoms with van der Waals surface area (Å²) in [5.74, 6) is 0. The average molecular weight is 248 g/mol. The number of hydrogen-bond donors (Lipinski definition) is 1. The zero-order valence-electron chi connectivity index (χ0n) is 11.0. The minimum atomic E-state index is -0.820. The summed E-state index contributed by atoms with van der Waals surface area (Å²) < 4.78 is 0. The summed E-state index contributed by atoms with van der Waals surface area (Å²) in [4.78, 5) is 15.0. The predicted octanol–water partition coefficient (Wildman–Crippen LogP) is 2.26. The van der Waals surface area contributed by atoms with Crippen LogP contribution in [0.1, 0.15) is 19.4 Å². The minimum absolute atomic E-state index is 0.321. The number of carbonyl (C=O) groups is 1. The fraction of sp³-hybridized carbons (Fsp3) is 0.500. The number of carboxylic acid groups (broad SMARTS) is 1. The molecule has 0 unspecified atom stereocenters. The molecule has 4 nitrogen and oxygen atoms in total. The lowest BCUT2D eigenvalue weighted by Gasteiger charge is -2.45. The second kappa shape index (κ2) is 4.98. The number of rotatable bonds is 2. The summed E-state index contributed by atoms with van der Waals surface area (Å²) in [5, 5.41) is 9.16. The predicted molar refractivity (Wildman–Crippen MR) is 70.5 cm³/mol. The molecule has 0 bridgehead atoms. The van der Waals surface area contributed by atoms with Gasteiger partial charge in [0, 0.05) is 26.2 Å². The molecule has 0 atom stereocenters. The van der Waals surface area contributed by atoms with Crippen molar-refractivity contribution >= 4 is 6.09 Å². The lowest BCUT2D eigenvalue weighted by atomic mass is 9.99. The summed E-state index contributed by atoms with van der Waals surface area (Å²) >= 11 is 0. The highest BCUT2D eigenvalue weighted by Gasteiger charge is 2.36. The maximum Gasteiger partial charge on any atom is 0.407 e. The van der Waals surface area contributed by atoms with Gasteiger partial charge in [-0.1, -0.05) is 30.3 Å². The van der Waals surface area contributed by atoms with Crippen molar-refractivity contribution in [3.8, 4) is 0 Å². The fourth-order valence-electron chi connectivity index (χ4n) is 2.59. The largest absolute Gasteiger partial charge is 0.465 e. The third-order valence-electron chi connectivity index (χ3n) is 3.46. The van der Waals surface area contributed by atoms with Crippen LogP contribution in [0.3, 0.4) is 0 Å². The summed E-state index contributed by atoms with van der Waals surface area (Å²) in [6, 6.07) is 10.3. The first-order valence-electron chi connectivity index (χ1n) is 6.26. The van der Waals surface area contributed by atoms with E-state index in [0.29, 0.717) is 6.54 Å². The Kier molecular flexibility index (Phi) is 3.57. The summed E-state index contributed by atoms with van der Waals surface area (Å²) in [6.07, 6.45) is -0.820. The van der Waals surface area contributed by atoms with Crippen LogP contribution >= 0.6 is 0 Å². The molecule has 98 valence electrons. The molecule has 1 heterocycles. The molecule has 0 aromatic heterocycles. The number of benzene rings is 1. The molecular formula is C14H20N2O2. The molecule has 1 aliphatic heterocycles. The fourth-order valence-corrected chi connectivity index (χ4v) is 2.59. The Morgan fingerprint density at radius 2 is 1.94 bits per heavy atom. The zero-order valence-corrected chi connectivity index (χ0v) is 11.0. The van der Waals surface area contributed by atoms with Crippen LogP contribution in [0.4, 0.5) is 4.79 Å². The van der Waals surface area contributed by atoms with Crippen LogP contribution in [0, 0.1) is 0 Å². The Hall–Kier alpha value is -1.55. The molecule has 1 amide bonds. The van der Waals surface area contributed by atoms with Crippen molar-refractivity contribution in [2.45, 2.75) is 25.9 Å². The molecule has 0 saturated carbocycles. The van der Waals surface area contributed by atoms with Crippen LogP contribution in [0.2, 0.25) is 0 Å². The van der Waals surface area contributed by atoms with E-state index in [9.17, 15) is 4.79 Å². The molecule has 0 radical (unpaired) electrons. The molecule has 2 rings (SSSR count). The van der Waals surface area contributed by atoms with Gasteiger partial charge in [0.2, 0.25) is 0 Å². The van der Waals surface area contributed by atoms with Crippen LogP contribution < -0.4 is 0 Å². The summed E-state index contributed by atoms with van der Waals surface area (Å²) in [6.45, 7) is 7.00. The topological polar surface area (TPSA) is 43.8 Å². The van der Waals surface area contributed by atoms with E-state index in [-0.39, 0.29) is 5.54 Å². The molecule has 18 heavy (non-hydrogen) atoms. The highest BCUT2D eigenvalue weighted by Crippen LogP contribution is 2.22. The lowest BCUT2D eigenvalue weighted by molar-refractivity contribution is 0.0229. The zero-order chi connectivity index (χ0) is 13.2. The molecule has 1 aromatic carbocycles. The Morgan fingerprint density at radius 3 is 2.50 bits per heavy atom. The summed E-state index contributed by atoms with van der Waals surface area (Å²) in [5.41, 5.74) is 0.954. The van der Waals surface area contributed by atoms with E-state index in [2.05, 4.69) is 17.0 Å². The quantitative estimate of drug-likeness (QED) is 0.873. The van der Waals surface area contributed by atoms with E-state index in [4.69, 9.17) is 5.11 Å². The van der Waals surface area contributed by atoms with Gasteiger partial charge in [0.1, 0.15) is 0 Å². The van der Waals surface area contributed by atoms with E-state index < -0.39 is 6.09 Å². The van der Waals surface area contributed by atoms with Crippen molar-refractivity contribution < 1.29 is 9.90 Å². The number of amides is 1. The molecule has 1 aliphatic rings. The SMILES string of the molecule is CC1(C)CN(Cc2ccccc2)CCN1C(=O)O. The van der Waals surface area contributed by atoms with Gasteiger partial charge in [-0.15, -0.1) is 0 Å². The molecule has 0 aliphatic carbocycles. The van der Waals surface area contributed by atoms with Crippen molar-refractivity contribution in [2.75, 3.05) is 19.6 Å². The van der Waals surface area contributed by atoms with Gasteiger partial charge < -0.3 is 10.0 Å². The Morgan fingerprint density at radius 1 is 1.28 bits per heavy atom. The van der Waals surface area contributed by atoms with Gasteiger partial charge in [-0.3, -0.25) is 4.90 Å². The standard InChI is InChI=1S/C14H20N2O2/c1-14(2)11-15(8-9-16(14)13(17)18)10-12-6-4-3-5-7-12/h3-7H,8-11H2,1-2H3,(H,17,18). The van der Waals surface area contributed by atoms with Crippen molar-refractivity contribution in [3.63, 3.8) is 0 Å². The third-order valence-corrected chi connectivity index (χ3v) is 3.46. The highest BCUT2D eigenvalue weighted by molar-refractivity contribution is 5.66. The van der Waals surface area contributed by atoms with Gasteiger partial charge in [0.05, 0.1) is 5.54 Å². The first-order valence-corrected chi connectivity index (χ1v) is 6.26. The van der Waals surface area contributed by atoms with Gasteiger partial charge >= 0.3 is 6.09 Å². The molecule has 1 fully saturated rings. The van der Waals surface area contributed by atoms with Crippen LogP contribution in [-0.2, 0) is 6.54 Å². The van der Waals surface area contributed by atoms with Crippen molar-refractivity contribution in [1.82, 2.24) is 9.80 Å². The Bertz CT molecular complexity index is 417. The van der Waals surface area contributed by atoms with Crippen LogP contribution in [0.25, 0.3) is 0 Å². The first-order chi connectivity index (χ1) is 8.49.